The van der Waals surface area contributed by atoms with Crippen LogP contribution in [0, 0.1) is 11.3 Å². The number of benzene rings is 1. The molecule has 1 aliphatic heterocycles. The lowest BCUT2D eigenvalue weighted by Crippen LogP contribution is -2.52. The molecule has 1 saturated heterocycles. The number of carbonyl (C=O) groups is 2. The van der Waals surface area contributed by atoms with Crippen LogP contribution in [0.5, 0.6) is 0 Å². The molecular formula is C17H22N4O2. The molecule has 1 fully saturated rings. The molecular weight excluding hydrogens is 292 g/mol. The highest BCUT2D eigenvalue weighted by molar-refractivity contribution is 5.86. The molecule has 0 bridgehead atoms. The summed E-state index contributed by atoms with van der Waals surface area (Å²) in [7, 11) is 0. The van der Waals surface area contributed by atoms with Crippen LogP contribution in [-0.4, -0.2) is 54.3 Å². The van der Waals surface area contributed by atoms with Gasteiger partial charge in [0.2, 0.25) is 11.8 Å². The minimum absolute atomic E-state index is 0.0257. The molecule has 0 aliphatic carbocycles. The number of hydrogen-bond acceptors (Lipinski definition) is 4. The first kappa shape index (κ1) is 17.0. The summed E-state index contributed by atoms with van der Waals surface area (Å²) in [6.45, 7) is 6.28. The van der Waals surface area contributed by atoms with Crippen molar-refractivity contribution in [3.63, 3.8) is 0 Å². The third-order valence-electron chi connectivity index (χ3n) is 4.21. The third-order valence-corrected chi connectivity index (χ3v) is 4.21. The Morgan fingerprint density at radius 1 is 1.43 bits per heavy atom. The van der Waals surface area contributed by atoms with Crippen LogP contribution in [0.3, 0.4) is 0 Å². The van der Waals surface area contributed by atoms with E-state index in [4.69, 9.17) is 5.26 Å². The largest absolute Gasteiger partial charge is 0.353 e. The zero-order valence-electron chi connectivity index (χ0n) is 13.6. The van der Waals surface area contributed by atoms with Gasteiger partial charge in [0.05, 0.1) is 24.7 Å². The molecule has 0 radical (unpaired) electrons. The van der Waals surface area contributed by atoms with Crippen LogP contribution < -0.4 is 5.32 Å². The van der Waals surface area contributed by atoms with E-state index in [1.165, 1.54) is 0 Å². The number of likely N-dealkylation sites (N-methyl/N-ethyl adjacent to an activating group) is 1. The second-order valence-corrected chi connectivity index (χ2v) is 5.64. The van der Waals surface area contributed by atoms with E-state index in [9.17, 15) is 9.59 Å². The topological polar surface area (TPSA) is 76.4 Å². The molecule has 1 aliphatic rings. The summed E-state index contributed by atoms with van der Waals surface area (Å²) in [6, 6.07) is 9.59. The number of hydrogen-bond donors (Lipinski definition) is 1. The fraction of sp³-hybridized carbons (Fsp3) is 0.471. The Hall–Kier alpha value is -2.39. The highest BCUT2D eigenvalue weighted by Crippen LogP contribution is 2.20. The Balaban J connectivity index is 2.01. The Labute approximate surface area is 136 Å². The zero-order valence-corrected chi connectivity index (χ0v) is 13.6. The zero-order chi connectivity index (χ0) is 16.8. The van der Waals surface area contributed by atoms with Crippen molar-refractivity contribution in [1.29, 1.82) is 5.26 Å². The van der Waals surface area contributed by atoms with E-state index >= 15 is 0 Å². The molecule has 1 N–H and O–H groups in total. The Morgan fingerprint density at radius 3 is 2.70 bits per heavy atom. The summed E-state index contributed by atoms with van der Waals surface area (Å²) in [5.74, 6) is -0.130. The minimum Gasteiger partial charge on any atom is -0.353 e. The molecule has 0 aromatic heterocycles. The van der Waals surface area contributed by atoms with Crippen LogP contribution in [-0.2, 0) is 9.59 Å². The first-order valence-electron chi connectivity index (χ1n) is 7.83. The maximum absolute atomic E-state index is 12.4. The van der Waals surface area contributed by atoms with Crippen molar-refractivity contribution in [3.05, 3.63) is 35.4 Å². The molecule has 0 spiro atoms. The predicted octanol–water partition coefficient (Wildman–Crippen LogP) is 0.900. The second-order valence-electron chi connectivity index (χ2n) is 5.64. The summed E-state index contributed by atoms with van der Waals surface area (Å²) in [5.41, 5.74) is 1.69. The fourth-order valence-electron chi connectivity index (χ4n) is 2.69. The fourth-order valence-corrected chi connectivity index (χ4v) is 2.69. The first-order chi connectivity index (χ1) is 11.0. The molecule has 0 unspecified atom stereocenters. The number of nitrogens with one attached hydrogen (secondary N) is 1. The lowest BCUT2D eigenvalue weighted by molar-refractivity contribution is -0.139. The van der Waals surface area contributed by atoms with E-state index in [1.54, 1.807) is 17.0 Å². The van der Waals surface area contributed by atoms with Gasteiger partial charge in [-0.05, 0) is 31.2 Å². The van der Waals surface area contributed by atoms with E-state index in [1.807, 2.05) is 26.0 Å². The summed E-state index contributed by atoms with van der Waals surface area (Å²) in [6.07, 6.45) is 0. The van der Waals surface area contributed by atoms with E-state index < -0.39 is 0 Å². The van der Waals surface area contributed by atoms with E-state index in [2.05, 4.69) is 16.3 Å². The van der Waals surface area contributed by atoms with Crippen molar-refractivity contribution >= 4 is 11.8 Å². The van der Waals surface area contributed by atoms with Gasteiger partial charge in [0.25, 0.3) is 0 Å². The molecule has 6 nitrogen and oxygen atoms in total. The van der Waals surface area contributed by atoms with E-state index in [0.29, 0.717) is 18.7 Å². The van der Waals surface area contributed by atoms with Crippen molar-refractivity contribution in [2.75, 3.05) is 32.7 Å². The average molecular weight is 314 g/mol. The van der Waals surface area contributed by atoms with Crippen molar-refractivity contribution in [3.8, 4) is 6.07 Å². The molecule has 23 heavy (non-hydrogen) atoms. The SMILES string of the molecule is CCN(CC(=O)N1CCNC(=O)C1)[C@H](C)c1ccc(C#N)cc1. The highest BCUT2D eigenvalue weighted by atomic mass is 16.2. The Bertz CT molecular complexity index is 606. The van der Waals surface area contributed by atoms with Gasteiger partial charge < -0.3 is 10.2 Å². The number of piperazine rings is 1. The summed E-state index contributed by atoms with van der Waals surface area (Å²) in [4.78, 5) is 27.5. The van der Waals surface area contributed by atoms with E-state index in [0.717, 1.165) is 12.1 Å². The van der Waals surface area contributed by atoms with Gasteiger partial charge in [0.15, 0.2) is 0 Å². The maximum Gasteiger partial charge on any atom is 0.239 e. The van der Waals surface area contributed by atoms with Crippen molar-refractivity contribution < 1.29 is 9.59 Å². The van der Waals surface area contributed by atoms with Gasteiger partial charge in [-0.2, -0.15) is 5.26 Å². The van der Waals surface area contributed by atoms with Crippen LogP contribution in [0.4, 0.5) is 0 Å². The Kier molecular flexibility index (Phi) is 5.72. The number of carbonyl (C=O) groups excluding carboxylic acids is 2. The molecule has 1 aromatic carbocycles. The summed E-state index contributed by atoms with van der Waals surface area (Å²) >= 11 is 0. The summed E-state index contributed by atoms with van der Waals surface area (Å²) in [5, 5.41) is 11.6. The third kappa shape index (κ3) is 4.30. The molecule has 0 saturated carbocycles. The van der Waals surface area contributed by atoms with Crippen LogP contribution >= 0.6 is 0 Å². The molecule has 1 atom stereocenters. The number of nitrogens with zero attached hydrogens (tertiary/aromatic N) is 3. The molecule has 2 amide bonds. The van der Waals surface area contributed by atoms with Gasteiger partial charge in [0.1, 0.15) is 0 Å². The smallest absolute Gasteiger partial charge is 0.239 e. The number of nitriles is 1. The monoisotopic (exact) mass is 314 g/mol. The highest BCUT2D eigenvalue weighted by Gasteiger charge is 2.24. The molecule has 1 heterocycles. The standard InChI is InChI=1S/C17H22N4O2/c1-3-20(12-17(23)21-9-8-19-16(22)11-21)13(2)15-6-4-14(10-18)5-7-15/h4-7,13H,3,8-9,11-12H2,1-2H3,(H,19,22)/t13-/m1/s1. The molecule has 2 rings (SSSR count). The normalized spacial score (nSPS) is 15.9. The van der Waals surface area contributed by atoms with Gasteiger partial charge in [-0.25, -0.2) is 0 Å². The average Bonchev–Trinajstić information content (AvgIpc) is 2.59. The van der Waals surface area contributed by atoms with Gasteiger partial charge in [-0.15, -0.1) is 0 Å². The molecule has 1 aromatic rings. The van der Waals surface area contributed by atoms with Gasteiger partial charge >= 0.3 is 0 Å². The lowest BCUT2D eigenvalue weighted by Gasteiger charge is -2.32. The van der Waals surface area contributed by atoms with Crippen LogP contribution in [0.1, 0.15) is 31.0 Å². The van der Waals surface area contributed by atoms with Gasteiger partial charge in [-0.3, -0.25) is 14.5 Å². The van der Waals surface area contributed by atoms with Gasteiger partial charge in [0, 0.05) is 19.1 Å². The summed E-state index contributed by atoms with van der Waals surface area (Å²) < 4.78 is 0. The van der Waals surface area contributed by atoms with Crippen LogP contribution in [0.15, 0.2) is 24.3 Å². The molecule has 122 valence electrons. The minimum atomic E-state index is -0.104. The van der Waals surface area contributed by atoms with Crippen molar-refractivity contribution in [2.24, 2.45) is 0 Å². The number of amides is 2. The van der Waals surface area contributed by atoms with Crippen molar-refractivity contribution in [1.82, 2.24) is 15.1 Å². The Morgan fingerprint density at radius 2 is 2.13 bits per heavy atom. The van der Waals surface area contributed by atoms with Crippen LogP contribution in [0.2, 0.25) is 0 Å². The van der Waals surface area contributed by atoms with Gasteiger partial charge in [-0.1, -0.05) is 19.1 Å². The maximum atomic E-state index is 12.4. The second kappa shape index (κ2) is 7.75. The predicted molar refractivity (Wildman–Crippen MR) is 86.4 cm³/mol. The first-order valence-corrected chi connectivity index (χ1v) is 7.83. The lowest BCUT2D eigenvalue weighted by atomic mass is 10.0. The van der Waals surface area contributed by atoms with Crippen LogP contribution in [0.25, 0.3) is 0 Å². The van der Waals surface area contributed by atoms with Crippen molar-refractivity contribution in [2.45, 2.75) is 19.9 Å². The number of rotatable bonds is 5. The van der Waals surface area contributed by atoms with E-state index in [-0.39, 0.29) is 30.9 Å². The quantitative estimate of drug-likeness (QED) is 0.876. The molecule has 6 heteroatoms.